The summed E-state index contributed by atoms with van der Waals surface area (Å²) >= 11 is 11.2. The first-order chi connectivity index (χ1) is 14.5. The van der Waals surface area contributed by atoms with E-state index in [4.69, 9.17) is 23.8 Å². The van der Waals surface area contributed by atoms with Gasteiger partial charge in [0.15, 0.2) is 4.77 Å². The third kappa shape index (κ3) is 3.92. The van der Waals surface area contributed by atoms with E-state index in [0.29, 0.717) is 45.2 Å². The fraction of sp³-hybridized carbons (Fsp3) is 0.143. The third-order valence-corrected chi connectivity index (χ3v) is 5.34. The summed E-state index contributed by atoms with van der Waals surface area (Å²) in [4.78, 5) is 28.3. The van der Waals surface area contributed by atoms with E-state index in [1.807, 2.05) is 31.2 Å². The number of fused-ring (bicyclic) bond motifs is 1. The van der Waals surface area contributed by atoms with Gasteiger partial charge in [-0.15, -0.1) is 0 Å². The van der Waals surface area contributed by atoms with Crippen LogP contribution in [0.4, 0.5) is 5.82 Å². The smallest absolute Gasteiger partial charge is 0.262 e. The lowest BCUT2D eigenvalue weighted by molar-refractivity contribution is 0.102. The Bertz CT molecular complexity index is 1350. The van der Waals surface area contributed by atoms with Crippen LogP contribution in [-0.2, 0) is 13.1 Å². The second-order valence-electron chi connectivity index (χ2n) is 6.69. The molecule has 2 aromatic carbocycles. The van der Waals surface area contributed by atoms with Crippen molar-refractivity contribution in [3.8, 4) is 0 Å². The van der Waals surface area contributed by atoms with Crippen LogP contribution < -0.4 is 10.9 Å². The maximum atomic E-state index is 12.8. The van der Waals surface area contributed by atoms with Gasteiger partial charge in [-0.2, -0.15) is 5.10 Å². The third-order valence-electron chi connectivity index (χ3n) is 4.76. The molecule has 0 fully saturated rings. The minimum Gasteiger partial charge on any atom is -0.332 e. The Hall–Kier alpha value is -3.23. The van der Waals surface area contributed by atoms with E-state index in [1.54, 1.807) is 35.1 Å². The Balaban J connectivity index is 1.60. The van der Waals surface area contributed by atoms with Gasteiger partial charge in [0.05, 0.1) is 23.6 Å². The number of carbonyl (C=O) groups is 1. The number of aromatic amines is 1. The number of amides is 1. The molecule has 1 amide bonds. The van der Waals surface area contributed by atoms with Crippen molar-refractivity contribution in [3.63, 3.8) is 0 Å². The second-order valence-corrected chi connectivity index (χ2v) is 7.52. The van der Waals surface area contributed by atoms with Crippen molar-refractivity contribution in [3.05, 3.63) is 86.0 Å². The molecule has 0 saturated carbocycles. The van der Waals surface area contributed by atoms with Crippen molar-refractivity contribution in [2.45, 2.75) is 20.0 Å². The maximum absolute atomic E-state index is 12.8. The van der Waals surface area contributed by atoms with Crippen LogP contribution in [0.3, 0.4) is 0 Å². The summed E-state index contributed by atoms with van der Waals surface area (Å²) in [5, 5.41) is 8.29. The van der Waals surface area contributed by atoms with Crippen molar-refractivity contribution in [1.29, 1.82) is 0 Å². The standard InChI is InChI=1S/C21H18ClN5O2S/c1-2-26-20(29)16-8-5-14(11-17(16)24-21(26)30)19(28)25-18-9-10-23-27(18)12-13-3-6-15(22)7-4-13/h3-11H,2,12H2,1H3,(H,24,30)(H,25,28). The molecule has 2 heterocycles. The molecular formula is C21H18ClN5O2S. The largest absolute Gasteiger partial charge is 0.332 e. The molecule has 0 aliphatic rings. The Morgan fingerprint density at radius 1 is 1.20 bits per heavy atom. The molecule has 4 aromatic rings. The minimum absolute atomic E-state index is 0.177. The molecule has 0 radical (unpaired) electrons. The number of hydrogen-bond donors (Lipinski definition) is 2. The summed E-state index contributed by atoms with van der Waals surface area (Å²) in [7, 11) is 0. The molecule has 30 heavy (non-hydrogen) atoms. The Morgan fingerprint density at radius 3 is 2.70 bits per heavy atom. The molecule has 0 unspecified atom stereocenters. The van der Waals surface area contributed by atoms with Gasteiger partial charge >= 0.3 is 0 Å². The molecular weight excluding hydrogens is 422 g/mol. The van der Waals surface area contributed by atoms with Crippen molar-refractivity contribution in [2.24, 2.45) is 0 Å². The fourth-order valence-electron chi connectivity index (χ4n) is 3.20. The number of H-pyrrole nitrogens is 1. The van der Waals surface area contributed by atoms with E-state index >= 15 is 0 Å². The molecule has 2 aromatic heterocycles. The fourth-order valence-corrected chi connectivity index (χ4v) is 3.65. The van der Waals surface area contributed by atoms with Gasteiger partial charge in [0.2, 0.25) is 0 Å². The summed E-state index contributed by atoms with van der Waals surface area (Å²) in [5.74, 6) is 0.248. The highest BCUT2D eigenvalue weighted by molar-refractivity contribution is 7.71. The molecule has 0 spiro atoms. The molecule has 0 aliphatic carbocycles. The summed E-state index contributed by atoms with van der Waals surface area (Å²) in [6.07, 6.45) is 1.62. The first-order valence-electron chi connectivity index (χ1n) is 9.30. The maximum Gasteiger partial charge on any atom is 0.262 e. The number of anilines is 1. The number of halogens is 1. The molecule has 2 N–H and O–H groups in total. The first-order valence-corrected chi connectivity index (χ1v) is 10.1. The van der Waals surface area contributed by atoms with E-state index in [1.165, 1.54) is 4.57 Å². The average molecular weight is 440 g/mol. The summed E-state index contributed by atoms with van der Waals surface area (Å²) in [6.45, 7) is 2.82. The molecule has 0 saturated heterocycles. The molecule has 9 heteroatoms. The highest BCUT2D eigenvalue weighted by Crippen LogP contribution is 2.16. The van der Waals surface area contributed by atoms with Crippen LogP contribution in [0, 0.1) is 4.77 Å². The predicted molar refractivity (Wildman–Crippen MR) is 120 cm³/mol. The van der Waals surface area contributed by atoms with Crippen molar-refractivity contribution >= 4 is 46.4 Å². The van der Waals surface area contributed by atoms with Crippen LogP contribution in [0.2, 0.25) is 5.02 Å². The van der Waals surface area contributed by atoms with Crippen LogP contribution in [0.5, 0.6) is 0 Å². The van der Waals surface area contributed by atoms with Crippen molar-refractivity contribution < 1.29 is 4.79 Å². The second kappa shape index (κ2) is 8.25. The molecule has 0 atom stereocenters. The molecule has 0 aliphatic heterocycles. The van der Waals surface area contributed by atoms with Gasteiger partial charge in [-0.25, -0.2) is 4.68 Å². The summed E-state index contributed by atoms with van der Waals surface area (Å²) in [6, 6.07) is 14.0. The Labute approximate surface area is 181 Å². The van der Waals surface area contributed by atoms with Gasteiger partial charge in [0, 0.05) is 23.2 Å². The zero-order valence-electron chi connectivity index (χ0n) is 16.1. The van der Waals surface area contributed by atoms with E-state index in [-0.39, 0.29) is 11.5 Å². The zero-order valence-corrected chi connectivity index (χ0v) is 17.6. The molecule has 4 rings (SSSR count). The minimum atomic E-state index is -0.311. The van der Waals surface area contributed by atoms with Gasteiger partial charge in [-0.05, 0) is 55.0 Å². The lowest BCUT2D eigenvalue weighted by Crippen LogP contribution is -2.21. The van der Waals surface area contributed by atoms with E-state index < -0.39 is 0 Å². The van der Waals surface area contributed by atoms with Crippen LogP contribution >= 0.6 is 23.8 Å². The van der Waals surface area contributed by atoms with Crippen LogP contribution in [0.1, 0.15) is 22.8 Å². The van der Waals surface area contributed by atoms with Gasteiger partial charge in [0.1, 0.15) is 5.82 Å². The number of rotatable bonds is 5. The van der Waals surface area contributed by atoms with Gasteiger partial charge in [-0.1, -0.05) is 23.7 Å². The Kier molecular flexibility index (Phi) is 5.52. The van der Waals surface area contributed by atoms with Crippen molar-refractivity contribution in [1.82, 2.24) is 19.3 Å². The van der Waals surface area contributed by atoms with Gasteiger partial charge in [-0.3, -0.25) is 14.2 Å². The number of nitrogens with one attached hydrogen (secondary N) is 2. The highest BCUT2D eigenvalue weighted by Gasteiger charge is 2.12. The summed E-state index contributed by atoms with van der Waals surface area (Å²) in [5.41, 5.74) is 1.76. The van der Waals surface area contributed by atoms with Crippen LogP contribution in [0.25, 0.3) is 10.9 Å². The molecule has 7 nitrogen and oxygen atoms in total. The normalized spacial score (nSPS) is 11.0. The number of benzene rings is 2. The number of nitrogens with zero attached hydrogens (tertiary/aromatic N) is 3. The zero-order chi connectivity index (χ0) is 21.3. The number of hydrogen-bond acceptors (Lipinski definition) is 4. The lowest BCUT2D eigenvalue weighted by Gasteiger charge is -2.10. The topological polar surface area (TPSA) is 84.7 Å². The van der Waals surface area contributed by atoms with Crippen LogP contribution in [-0.4, -0.2) is 25.2 Å². The SMILES string of the molecule is CCn1c(=S)[nH]c2cc(C(=O)Nc3ccnn3Cc3ccc(Cl)cc3)ccc2c1=O. The molecule has 152 valence electrons. The van der Waals surface area contributed by atoms with E-state index in [9.17, 15) is 9.59 Å². The van der Waals surface area contributed by atoms with Gasteiger partial charge in [0.25, 0.3) is 11.5 Å². The molecule has 0 bridgehead atoms. The number of aromatic nitrogens is 4. The highest BCUT2D eigenvalue weighted by atomic mass is 35.5. The first kappa shape index (κ1) is 20.1. The summed E-state index contributed by atoms with van der Waals surface area (Å²) < 4.78 is 3.50. The average Bonchev–Trinajstić information content (AvgIpc) is 3.16. The quantitative estimate of drug-likeness (QED) is 0.456. The number of carbonyl (C=O) groups excluding carboxylic acids is 1. The van der Waals surface area contributed by atoms with Crippen LogP contribution in [0.15, 0.2) is 59.5 Å². The lowest BCUT2D eigenvalue weighted by atomic mass is 10.1. The van der Waals surface area contributed by atoms with Crippen molar-refractivity contribution in [2.75, 3.05) is 5.32 Å². The monoisotopic (exact) mass is 439 g/mol. The van der Waals surface area contributed by atoms with E-state index in [2.05, 4.69) is 15.4 Å². The van der Waals surface area contributed by atoms with E-state index in [0.717, 1.165) is 5.56 Å². The van der Waals surface area contributed by atoms with Gasteiger partial charge < -0.3 is 10.3 Å². The Morgan fingerprint density at radius 2 is 1.97 bits per heavy atom. The predicted octanol–water partition coefficient (Wildman–Crippen LogP) is 4.23.